The topological polar surface area (TPSA) is 90.1 Å². The summed E-state index contributed by atoms with van der Waals surface area (Å²) < 4.78 is 5.74. The van der Waals surface area contributed by atoms with E-state index in [4.69, 9.17) is 10.5 Å². The van der Waals surface area contributed by atoms with E-state index >= 15 is 0 Å². The maximum absolute atomic E-state index is 12.0. The number of nitrogen functional groups attached to an aromatic ring is 1. The molecule has 0 bridgehead atoms. The molecule has 2 rings (SSSR count). The van der Waals surface area contributed by atoms with Crippen LogP contribution in [-0.2, 0) is 4.79 Å². The molecular weight excluding hydrogens is 296 g/mol. The fourth-order valence-electron chi connectivity index (χ4n) is 1.39. The third-order valence-electron chi connectivity index (χ3n) is 2.43. The lowest BCUT2D eigenvalue weighted by Crippen LogP contribution is -2.22. The van der Waals surface area contributed by atoms with Crippen LogP contribution in [0.25, 0.3) is 0 Å². The van der Waals surface area contributed by atoms with Crippen molar-refractivity contribution in [2.24, 2.45) is 0 Å². The highest BCUT2D eigenvalue weighted by molar-refractivity contribution is 8.02. The molecule has 20 heavy (non-hydrogen) atoms. The minimum atomic E-state index is -0.288. The molecule has 6 nitrogen and oxygen atoms in total. The summed E-state index contributed by atoms with van der Waals surface area (Å²) in [7, 11) is 1.60. The quantitative estimate of drug-likeness (QED) is 0.823. The second-order valence-corrected chi connectivity index (χ2v) is 6.48. The van der Waals surface area contributed by atoms with E-state index < -0.39 is 0 Å². The molecule has 0 saturated heterocycles. The van der Waals surface area contributed by atoms with Crippen molar-refractivity contribution in [3.05, 3.63) is 24.3 Å². The number of thioether (sulfide) groups is 1. The molecule has 1 heterocycles. The standard InChI is InChI=1S/C12H14N4O2S2/c1-7(19-12-16-15-11(13)20-12)10(17)14-8-3-5-9(18-2)6-4-8/h3-7H,1-2H3,(H2,13,15)(H,14,17)/t7-/m0/s1. The lowest BCUT2D eigenvalue weighted by molar-refractivity contribution is -0.115. The Labute approximate surface area is 124 Å². The molecule has 1 aromatic carbocycles. The van der Waals surface area contributed by atoms with Crippen LogP contribution in [0.5, 0.6) is 5.75 Å². The normalized spacial score (nSPS) is 11.9. The molecule has 1 aromatic heterocycles. The van der Waals surface area contributed by atoms with Gasteiger partial charge in [-0.2, -0.15) is 0 Å². The smallest absolute Gasteiger partial charge is 0.237 e. The highest BCUT2D eigenvalue weighted by Gasteiger charge is 2.16. The van der Waals surface area contributed by atoms with E-state index in [1.54, 1.807) is 38.3 Å². The molecule has 106 valence electrons. The molecule has 8 heteroatoms. The molecule has 0 radical (unpaired) electrons. The Hall–Kier alpha value is -1.80. The second-order valence-electron chi connectivity index (χ2n) is 3.88. The second kappa shape index (κ2) is 6.58. The van der Waals surface area contributed by atoms with Gasteiger partial charge in [-0.3, -0.25) is 4.79 Å². The number of amides is 1. The van der Waals surface area contributed by atoms with Crippen molar-refractivity contribution >= 4 is 39.8 Å². The maximum Gasteiger partial charge on any atom is 0.237 e. The van der Waals surface area contributed by atoms with E-state index in [0.29, 0.717) is 9.47 Å². The average molecular weight is 310 g/mol. The maximum atomic E-state index is 12.0. The Kier molecular flexibility index (Phi) is 4.80. The molecule has 1 amide bonds. The summed E-state index contributed by atoms with van der Waals surface area (Å²) in [4.78, 5) is 12.0. The van der Waals surface area contributed by atoms with Gasteiger partial charge in [-0.25, -0.2) is 0 Å². The van der Waals surface area contributed by atoms with Gasteiger partial charge in [0, 0.05) is 5.69 Å². The van der Waals surface area contributed by atoms with Gasteiger partial charge in [0.25, 0.3) is 0 Å². The molecule has 1 atom stereocenters. The molecule has 0 aliphatic heterocycles. The summed E-state index contributed by atoms with van der Waals surface area (Å²) >= 11 is 2.59. The first-order valence-electron chi connectivity index (χ1n) is 5.79. The Morgan fingerprint density at radius 3 is 2.65 bits per heavy atom. The number of nitrogens with one attached hydrogen (secondary N) is 1. The number of aromatic nitrogens is 2. The van der Waals surface area contributed by atoms with Crippen LogP contribution in [0.3, 0.4) is 0 Å². The molecule has 2 aromatic rings. The largest absolute Gasteiger partial charge is 0.497 e. The molecule has 3 N–H and O–H groups in total. The highest BCUT2D eigenvalue weighted by atomic mass is 32.2. The number of rotatable bonds is 5. The summed E-state index contributed by atoms with van der Waals surface area (Å²) in [6.45, 7) is 1.81. The minimum absolute atomic E-state index is 0.103. The van der Waals surface area contributed by atoms with Crippen LogP contribution in [0.2, 0.25) is 0 Å². The van der Waals surface area contributed by atoms with Crippen LogP contribution in [0.1, 0.15) is 6.92 Å². The first-order valence-corrected chi connectivity index (χ1v) is 7.48. The summed E-state index contributed by atoms with van der Waals surface area (Å²) in [5.41, 5.74) is 6.22. The summed E-state index contributed by atoms with van der Waals surface area (Å²) in [5.74, 6) is 0.642. The highest BCUT2D eigenvalue weighted by Crippen LogP contribution is 2.28. The van der Waals surface area contributed by atoms with Crippen molar-refractivity contribution in [3.8, 4) is 5.75 Å². The van der Waals surface area contributed by atoms with E-state index in [9.17, 15) is 4.79 Å². The predicted octanol–water partition coefficient (Wildman–Crippen LogP) is 2.25. The van der Waals surface area contributed by atoms with E-state index in [1.165, 1.54) is 23.1 Å². The number of nitrogens with zero attached hydrogens (tertiary/aromatic N) is 2. The average Bonchev–Trinajstić information content (AvgIpc) is 2.85. The third-order valence-corrected chi connectivity index (χ3v) is 4.36. The van der Waals surface area contributed by atoms with Gasteiger partial charge in [0.2, 0.25) is 11.0 Å². The van der Waals surface area contributed by atoms with Gasteiger partial charge in [0.15, 0.2) is 4.34 Å². The zero-order valence-electron chi connectivity index (χ0n) is 11.0. The van der Waals surface area contributed by atoms with E-state index in [1.807, 2.05) is 0 Å². The number of carbonyl (C=O) groups excluding carboxylic acids is 1. The van der Waals surface area contributed by atoms with Crippen molar-refractivity contribution in [2.45, 2.75) is 16.5 Å². The van der Waals surface area contributed by atoms with Crippen LogP contribution in [-0.4, -0.2) is 28.5 Å². The fraction of sp³-hybridized carbons (Fsp3) is 0.250. The SMILES string of the molecule is COc1ccc(NC(=O)[C@H](C)Sc2nnc(N)s2)cc1. The Balaban J connectivity index is 1.93. The van der Waals surface area contributed by atoms with Crippen molar-refractivity contribution in [3.63, 3.8) is 0 Å². The van der Waals surface area contributed by atoms with Gasteiger partial charge in [-0.15, -0.1) is 10.2 Å². The Bertz CT molecular complexity index is 585. The van der Waals surface area contributed by atoms with E-state index in [0.717, 1.165) is 11.4 Å². The number of nitrogens with two attached hydrogens (primary N) is 1. The first-order chi connectivity index (χ1) is 9.58. The summed E-state index contributed by atoms with van der Waals surface area (Å²) in [6.07, 6.45) is 0. The third kappa shape index (κ3) is 3.84. The molecular formula is C12H14N4O2S2. The lowest BCUT2D eigenvalue weighted by Gasteiger charge is -2.10. The number of hydrogen-bond acceptors (Lipinski definition) is 7. The number of anilines is 2. The Morgan fingerprint density at radius 2 is 2.10 bits per heavy atom. The predicted molar refractivity (Wildman–Crippen MR) is 81.3 cm³/mol. The molecule has 0 aliphatic rings. The van der Waals surface area contributed by atoms with Crippen LogP contribution < -0.4 is 15.8 Å². The minimum Gasteiger partial charge on any atom is -0.497 e. The number of methoxy groups -OCH3 is 1. The molecule has 0 unspecified atom stereocenters. The summed E-state index contributed by atoms with van der Waals surface area (Å²) in [5, 5.41) is 10.5. The van der Waals surface area contributed by atoms with Gasteiger partial charge in [0.05, 0.1) is 12.4 Å². The van der Waals surface area contributed by atoms with Gasteiger partial charge in [-0.1, -0.05) is 23.1 Å². The number of carbonyl (C=O) groups is 1. The van der Waals surface area contributed by atoms with Crippen molar-refractivity contribution in [1.29, 1.82) is 0 Å². The van der Waals surface area contributed by atoms with Crippen LogP contribution in [0.15, 0.2) is 28.6 Å². The van der Waals surface area contributed by atoms with Crippen LogP contribution in [0, 0.1) is 0 Å². The van der Waals surface area contributed by atoms with Gasteiger partial charge >= 0.3 is 0 Å². The molecule has 0 fully saturated rings. The number of hydrogen-bond donors (Lipinski definition) is 2. The van der Waals surface area contributed by atoms with Gasteiger partial charge in [0.1, 0.15) is 5.75 Å². The Morgan fingerprint density at radius 1 is 1.40 bits per heavy atom. The van der Waals surface area contributed by atoms with Crippen LogP contribution >= 0.6 is 23.1 Å². The fourth-order valence-corrected chi connectivity index (χ4v) is 3.17. The van der Waals surface area contributed by atoms with Crippen LogP contribution in [0.4, 0.5) is 10.8 Å². The van der Waals surface area contributed by atoms with Gasteiger partial charge < -0.3 is 15.8 Å². The first kappa shape index (κ1) is 14.6. The molecule has 0 aliphatic carbocycles. The van der Waals surface area contributed by atoms with Crippen molar-refractivity contribution in [2.75, 3.05) is 18.2 Å². The number of benzene rings is 1. The summed E-state index contributed by atoms with van der Waals surface area (Å²) in [6, 6.07) is 7.16. The lowest BCUT2D eigenvalue weighted by atomic mass is 10.3. The van der Waals surface area contributed by atoms with Gasteiger partial charge in [-0.05, 0) is 31.2 Å². The van der Waals surface area contributed by atoms with Crippen molar-refractivity contribution in [1.82, 2.24) is 10.2 Å². The van der Waals surface area contributed by atoms with E-state index in [-0.39, 0.29) is 11.2 Å². The molecule has 0 saturated carbocycles. The molecule has 0 spiro atoms. The van der Waals surface area contributed by atoms with E-state index in [2.05, 4.69) is 15.5 Å². The monoisotopic (exact) mass is 310 g/mol. The van der Waals surface area contributed by atoms with Crippen molar-refractivity contribution < 1.29 is 9.53 Å². The number of ether oxygens (including phenoxy) is 1. The zero-order valence-corrected chi connectivity index (χ0v) is 12.6. The zero-order chi connectivity index (χ0) is 14.5.